The lowest BCUT2D eigenvalue weighted by Gasteiger charge is -2.35. The van der Waals surface area contributed by atoms with E-state index in [2.05, 4.69) is 26.9 Å². The van der Waals surface area contributed by atoms with Crippen LogP contribution in [0.1, 0.15) is 58.6 Å². The van der Waals surface area contributed by atoms with Crippen LogP contribution >= 0.6 is 27.3 Å². The minimum absolute atomic E-state index is 0.287. The van der Waals surface area contributed by atoms with Gasteiger partial charge in [-0.3, -0.25) is 4.79 Å². The largest absolute Gasteiger partial charge is 0.335 e. The van der Waals surface area contributed by atoms with Gasteiger partial charge in [-0.2, -0.15) is 0 Å². The minimum atomic E-state index is 0.287. The van der Waals surface area contributed by atoms with Gasteiger partial charge in [-0.05, 0) is 63.0 Å². The lowest BCUT2D eigenvalue weighted by molar-refractivity contribution is 0.0615. The van der Waals surface area contributed by atoms with Gasteiger partial charge in [0.15, 0.2) is 0 Å². The molecule has 0 spiro atoms. The number of amides is 1. The van der Waals surface area contributed by atoms with Crippen LogP contribution < -0.4 is 0 Å². The Morgan fingerprint density at radius 2 is 2.15 bits per heavy atom. The molecule has 1 aliphatic carbocycles. The molecule has 1 atom stereocenters. The highest BCUT2D eigenvalue weighted by molar-refractivity contribution is 9.09. The van der Waals surface area contributed by atoms with Crippen molar-refractivity contribution in [1.82, 2.24) is 4.90 Å². The van der Waals surface area contributed by atoms with Crippen LogP contribution in [0.5, 0.6) is 0 Å². The molecule has 1 aromatic heterocycles. The Bertz CT molecular complexity index is 459. The first-order valence-corrected chi connectivity index (χ1v) is 9.72. The smallest absolute Gasteiger partial charge is 0.264 e. The molecule has 0 N–H and O–H groups in total. The zero-order valence-electron chi connectivity index (χ0n) is 11.9. The number of halogens is 1. The van der Waals surface area contributed by atoms with Gasteiger partial charge in [0.05, 0.1) is 4.88 Å². The van der Waals surface area contributed by atoms with E-state index in [0.29, 0.717) is 6.04 Å². The first-order chi connectivity index (χ1) is 9.79. The molecule has 0 saturated carbocycles. The number of piperidine rings is 1. The van der Waals surface area contributed by atoms with E-state index in [-0.39, 0.29) is 5.91 Å². The summed E-state index contributed by atoms with van der Waals surface area (Å²) in [5.74, 6) is 0.287. The highest BCUT2D eigenvalue weighted by atomic mass is 79.9. The van der Waals surface area contributed by atoms with Crippen molar-refractivity contribution in [3.8, 4) is 0 Å². The van der Waals surface area contributed by atoms with E-state index < -0.39 is 0 Å². The molecule has 0 radical (unpaired) electrons. The maximum atomic E-state index is 12.8. The standard InChI is InChI=1S/C16H22BrNOS/c17-9-8-13-6-3-4-10-18(13)16(19)15-11-12-5-1-2-7-14(12)20-15/h11,13H,1-10H2. The van der Waals surface area contributed by atoms with Gasteiger partial charge in [-0.1, -0.05) is 15.9 Å². The van der Waals surface area contributed by atoms with E-state index in [1.54, 1.807) is 11.3 Å². The van der Waals surface area contributed by atoms with Crippen molar-refractivity contribution in [3.05, 3.63) is 21.4 Å². The number of aryl methyl sites for hydroxylation is 2. The molecule has 20 heavy (non-hydrogen) atoms. The quantitative estimate of drug-likeness (QED) is 0.735. The molecule has 1 fully saturated rings. The third kappa shape index (κ3) is 2.96. The predicted molar refractivity (Wildman–Crippen MR) is 88.0 cm³/mol. The van der Waals surface area contributed by atoms with Crippen molar-refractivity contribution in [2.75, 3.05) is 11.9 Å². The molecule has 2 aliphatic rings. The highest BCUT2D eigenvalue weighted by Crippen LogP contribution is 2.32. The third-order valence-corrected chi connectivity index (χ3v) is 6.22. The molecular weight excluding hydrogens is 334 g/mol. The number of hydrogen-bond donors (Lipinski definition) is 0. The summed E-state index contributed by atoms with van der Waals surface area (Å²) in [6.45, 7) is 0.944. The van der Waals surface area contributed by atoms with Crippen LogP contribution in [-0.2, 0) is 12.8 Å². The Labute approximate surface area is 133 Å². The SMILES string of the molecule is O=C(c1cc2c(s1)CCCC2)N1CCCCC1CCBr. The molecule has 1 aromatic rings. The van der Waals surface area contributed by atoms with Crippen LogP contribution in [0.25, 0.3) is 0 Å². The molecule has 1 aliphatic heterocycles. The summed E-state index contributed by atoms with van der Waals surface area (Å²) in [5.41, 5.74) is 1.44. The summed E-state index contributed by atoms with van der Waals surface area (Å²) in [6, 6.07) is 2.62. The molecular formula is C16H22BrNOS. The van der Waals surface area contributed by atoms with Gasteiger partial charge < -0.3 is 4.90 Å². The number of rotatable bonds is 3. The minimum Gasteiger partial charge on any atom is -0.335 e. The average Bonchev–Trinajstić information content (AvgIpc) is 2.91. The maximum Gasteiger partial charge on any atom is 0.264 e. The Balaban J connectivity index is 1.78. The topological polar surface area (TPSA) is 20.3 Å². The third-order valence-electron chi connectivity index (χ3n) is 4.54. The molecule has 4 heteroatoms. The normalized spacial score (nSPS) is 22.6. The number of carbonyl (C=O) groups excluding carboxylic acids is 1. The molecule has 2 nitrogen and oxygen atoms in total. The van der Waals surface area contributed by atoms with Crippen LogP contribution in [0, 0.1) is 0 Å². The van der Waals surface area contributed by atoms with E-state index >= 15 is 0 Å². The summed E-state index contributed by atoms with van der Waals surface area (Å²) < 4.78 is 0. The monoisotopic (exact) mass is 355 g/mol. The van der Waals surface area contributed by atoms with Crippen molar-refractivity contribution >= 4 is 33.2 Å². The van der Waals surface area contributed by atoms with Crippen molar-refractivity contribution in [3.63, 3.8) is 0 Å². The number of thiophene rings is 1. The Hall–Kier alpha value is -0.350. The van der Waals surface area contributed by atoms with Gasteiger partial charge in [0, 0.05) is 22.8 Å². The van der Waals surface area contributed by atoms with Gasteiger partial charge in [-0.15, -0.1) is 11.3 Å². The number of carbonyl (C=O) groups is 1. The van der Waals surface area contributed by atoms with Crippen molar-refractivity contribution in [1.29, 1.82) is 0 Å². The van der Waals surface area contributed by atoms with Crippen LogP contribution in [0.2, 0.25) is 0 Å². The van der Waals surface area contributed by atoms with Crippen LogP contribution in [-0.4, -0.2) is 28.7 Å². The summed E-state index contributed by atoms with van der Waals surface area (Å²) in [6.07, 6.45) is 9.60. The van der Waals surface area contributed by atoms with E-state index in [1.807, 2.05) is 0 Å². The predicted octanol–water partition coefficient (Wildman–Crippen LogP) is 4.41. The van der Waals surface area contributed by atoms with E-state index in [4.69, 9.17) is 0 Å². The molecule has 3 rings (SSSR count). The number of hydrogen-bond acceptors (Lipinski definition) is 2. The summed E-state index contributed by atoms with van der Waals surface area (Å²) in [7, 11) is 0. The molecule has 2 heterocycles. The maximum absolute atomic E-state index is 12.8. The van der Waals surface area contributed by atoms with E-state index in [1.165, 1.54) is 49.0 Å². The molecule has 0 aromatic carbocycles. The zero-order valence-corrected chi connectivity index (χ0v) is 14.3. The Kier molecular flexibility index (Phi) is 4.82. The van der Waals surface area contributed by atoms with E-state index in [0.717, 1.165) is 29.6 Å². The summed E-state index contributed by atoms with van der Waals surface area (Å²) in [4.78, 5) is 17.4. The van der Waals surface area contributed by atoms with Gasteiger partial charge in [0.2, 0.25) is 0 Å². The molecule has 0 bridgehead atoms. The van der Waals surface area contributed by atoms with Crippen LogP contribution in [0.3, 0.4) is 0 Å². The lowest BCUT2D eigenvalue weighted by atomic mass is 9.98. The second kappa shape index (κ2) is 6.61. The fraction of sp³-hybridized carbons (Fsp3) is 0.688. The first-order valence-electron chi connectivity index (χ1n) is 7.78. The Morgan fingerprint density at radius 1 is 1.30 bits per heavy atom. The Morgan fingerprint density at radius 3 is 2.95 bits per heavy atom. The summed E-state index contributed by atoms with van der Waals surface area (Å²) in [5, 5.41) is 0.988. The molecule has 110 valence electrons. The first kappa shape index (κ1) is 14.6. The van der Waals surface area contributed by atoms with E-state index in [9.17, 15) is 4.79 Å². The zero-order chi connectivity index (χ0) is 13.9. The number of nitrogens with zero attached hydrogens (tertiary/aromatic N) is 1. The fourth-order valence-corrected chi connectivity index (χ4v) is 5.17. The van der Waals surface area contributed by atoms with Crippen molar-refractivity contribution in [2.24, 2.45) is 0 Å². The number of fused-ring (bicyclic) bond motifs is 1. The fourth-order valence-electron chi connectivity index (χ4n) is 3.43. The van der Waals surface area contributed by atoms with Crippen LogP contribution in [0.4, 0.5) is 0 Å². The van der Waals surface area contributed by atoms with Gasteiger partial charge >= 0.3 is 0 Å². The van der Waals surface area contributed by atoms with Gasteiger partial charge in [-0.25, -0.2) is 0 Å². The molecule has 1 saturated heterocycles. The van der Waals surface area contributed by atoms with Crippen LogP contribution in [0.15, 0.2) is 6.07 Å². The number of likely N-dealkylation sites (tertiary alicyclic amines) is 1. The van der Waals surface area contributed by atoms with Crippen molar-refractivity contribution in [2.45, 2.75) is 57.4 Å². The summed E-state index contributed by atoms with van der Waals surface area (Å²) >= 11 is 5.28. The van der Waals surface area contributed by atoms with Gasteiger partial charge in [0.25, 0.3) is 5.91 Å². The van der Waals surface area contributed by atoms with Crippen molar-refractivity contribution < 1.29 is 4.79 Å². The second-order valence-corrected chi connectivity index (χ2v) is 7.82. The van der Waals surface area contributed by atoms with Gasteiger partial charge in [0.1, 0.15) is 0 Å². The average molecular weight is 356 g/mol. The number of alkyl halides is 1. The molecule has 1 unspecified atom stereocenters. The lowest BCUT2D eigenvalue weighted by Crippen LogP contribution is -2.43. The second-order valence-electron chi connectivity index (χ2n) is 5.89. The molecule has 1 amide bonds. The highest BCUT2D eigenvalue weighted by Gasteiger charge is 2.28.